The van der Waals surface area contributed by atoms with E-state index in [0.717, 1.165) is 156 Å². The Bertz CT molecular complexity index is 2240. The van der Waals surface area contributed by atoms with Crippen LogP contribution in [0.25, 0.3) is 0 Å². The lowest BCUT2D eigenvalue weighted by molar-refractivity contribution is -0.144. The van der Waals surface area contributed by atoms with Crippen LogP contribution in [0.5, 0.6) is 0 Å². The van der Waals surface area contributed by atoms with Crippen molar-refractivity contribution < 1.29 is 33.8 Å². The lowest BCUT2D eigenvalue weighted by Crippen LogP contribution is -2.42. The summed E-state index contributed by atoms with van der Waals surface area (Å²) in [6.45, 7) is 18.3. The van der Waals surface area contributed by atoms with Gasteiger partial charge in [-0.05, 0) is 125 Å². The van der Waals surface area contributed by atoms with Crippen LogP contribution in [0.4, 0.5) is 0 Å². The van der Waals surface area contributed by atoms with Crippen LogP contribution in [0.1, 0.15) is 113 Å². The van der Waals surface area contributed by atoms with Gasteiger partial charge in [-0.1, -0.05) is 127 Å². The Kier molecular flexibility index (Phi) is 26.3. The van der Waals surface area contributed by atoms with Crippen LogP contribution in [0.15, 0.2) is 133 Å². The van der Waals surface area contributed by atoms with Gasteiger partial charge in [-0.2, -0.15) is 0 Å². The van der Waals surface area contributed by atoms with E-state index in [1.807, 2.05) is 30.9 Å². The highest BCUT2D eigenvalue weighted by atomic mass is 16.5. The number of likely N-dealkylation sites (tertiary alicyclic amines) is 5. The number of rotatable bonds is 15. The highest BCUT2D eigenvalue weighted by Gasteiger charge is 2.27. The molecular weight excluding hydrogens is 939 g/mol. The van der Waals surface area contributed by atoms with Gasteiger partial charge in [-0.25, -0.2) is 4.79 Å². The number of ether oxygens (including phenoxy) is 2. The maximum atomic E-state index is 12.4. The van der Waals surface area contributed by atoms with Crippen molar-refractivity contribution in [2.45, 2.75) is 123 Å². The summed E-state index contributed by atoms with van der Waals surface area (Å²) in [6, 6.07) is 42.1. The fourth-order valence-corrected chi connectivity index (χ4v) is 10.5. The topological polar surface area (TPSA) is 123 Å². The lowest BCUT2D eigenvalue weighted by Gasteiger charge is -2.34. The number of esters is 2. The normalized spacial score (nSPS) is 18.5. The zero-order valence-corrected chi connectivity index (χ0v) is 45.3. The maximum absolute atomic E-state index is 12.4. The minimum absolute atomic E-state index is 0.0380. The molecule has 4 aromatic rings. The first-order chi connectivity index (χ1) is 36.6. The summed E-state index contributed by atoms with van der Waals surface area (Å²) in [5.74, 6) is 1.50. The molecule has 0 aromatic heterocycles. The second kappa shape index (κ2) is 33.5. The Morgan fingerprint density at radius 1 is 0.480 bits per heavy atom. The lowest BCUT2D eigenvalue weighted by atomic mass is 9.92. The van der Waals surface area contributed by atoms with E-state index < -0.39 is 0 Å². The minimum atomic E-state index is -0.208. The molecule has 12 nitrogen and oxygen atoms in total. The minimum Gasteiger partial charge on any atom is -0.466 e. The quantitative estimate of drug-likeness (QED) is 0.0905. The third-order valence-corrected chi connectivity index (χ3v) is 15.0. The molecule has 0 aliphatic carbocycles. The van der Waals surface area contributed by atoms with Gasteiger partial charge in [-0.3, -0.25) is 34.0 Å². The molecule has 75 heavy (non-hydrogen) atoms. The standard InChI is InChI=1S/C19H28N2O2.C16H23NO2.C16H21NO2.C12H15NO/c22-18-8-12-21(13-9-18)19(23)14-16-6-10-20(11-7-16)15-17-4-2-1-3-5-17;2*1-2-19-16(18)12-14-8-10-17(11-9-14)13-15-6-4-3-5-7-15;14-12-6-8-13(9-7-12)10-11-4-2-1-3-5-11/h1-5,16,18,22H,6-15H2;3-7,14H,2,8-13H2,1H3;3-7,12H,2,8-11,13H2,1H3;1-5H,6-10H2. The molecule has 9 rings (SSSR count). The SMILES string of the molecule is CCOC(=O)C=C1CCN(Cc2ccccc2)CC1.CCOC(=O)CC1CCN(Cc2ccccc2)CC1.O=C(CC1CCN(Cc2ccccc2)CC1)N1CCC(O)CC1.O=C1CCN(Cc2ccccc2)CC1. The van der Waals surface area contributed by atoms with Gasteiger partial charge >= 0.3 is 11.9 Å². The van der Waals surface area contributed by atoms with Crippen molar-refractivity contribution in [1.29, 1.82) is 0 Å². The van der Waals surface area contributed by atoms with Crippen molar-refractivity contribution >= 4 is 23.6 Å². The molecule has 1 N–H and O–H groups in total. The van der Waals surface area contributed by atoms with Crippen LogP contribution in [0.2, 0.25) is 0 Å². The number of piperidine rings is 5. The molecule has 5 aliphatic rings. The molecule has 0 saturated carbocycles. The first-order valence-electron chi connectivity index (χ1n) is 28.1. The Morgan fingerprint density at radius 3 is 1.23 bits per heavy atom. The van der Waals surface area contributed by atoms with Gasteiger partial charge in [-0.15, -0.1) is 0 Å². The third-order valence-electron chi connectivity index (χ3n) is 15.0. The van der Waals surface area contributed by atoms with E-state index >= 15 is 0 Å². The number of Topliss-reactive ketones (excluding diaryl/α,β-unsaturated/α-hetero) is 1. The summed E-state index contributed by atoms with van der Waals surface area (Å²) in [5, 5.41) is 9.54. The number of benzene rings is 4. The molecule has 5 aliphatic heterocycles. The van der Waals surface area contributed by atoms with Crippen molar-refractivity contribution in [1.82, 2.24) is 24.5 Å². The summed E-state index contributed by atoms with van der Waals surface area (Å²) < 4.78 is 9.95. The molecular formula is C63H87N5O7. The number of aliphatic hydroxyl groups is 1. The van der Waals surface area contributed by atoms with E-state index in [9.17, 15) is 24.3 Å². The Balaban J connectivity index is 0.000000165. The molecule has 5 saturated heterocycles. The van der Waals surface area contributed by atoms with Crippen LogP contribution < -0.4 is 0 Å². The molecule has 0 bridgehead atoms. The number of ketones is 1. The average molecular weight is 1030 g/mol. The van der Waals surface area contributed by atoms with Crippen molar-refractivity contribution in [3.05, 3.63) is 155 Å². The highest BCUT2D eigenvalue weighted by molar-refractivity contribution is 5.82. The van der Waals surface area contributed by atoms with Crippen LogP contribution >= 0.6 is 0 Å². The molecule has 4 aromatic carbocycles. The van der Waals surface area contributed by atoms with Crippen molar-refractivity contribution in [2.75, 3.05) is 78.7 Å². The molecule has 0 radical (unpaired) electrons. The second-order valence-corrected chi connectivity index (χ2v) is 20.9. The molecule has 1 amide bonds. The summed E-state index contributed by atoms with van der Waals surface area (Å²) >= 11 is 0. The number of amides is 1. The van der Waals surface area contributed by atoms with Crippen LogP contribution in [-0.2, 0) is 54.8 Å². The van der Waals surface area contributed by atoms with Crippen molar-refractivity contribution in [3.63, 3.8) is 0 Å². The van der Waals surface area contributed by atoms with E-state index in [0.29, 0.717) is 49.6 Å². The summed E-state index contributed by atoms with van der Waals surface area (Å²) in [7, 11) is 0. The van der Waals surface area contributed by atoms with E-state index in [2.05, 4.69) is 129 Å². The first-order valence-corrected chi connectivity index (χ1v) is 28.1. The van der Waals surface area contributed by atoms with Crippen LogP contribution in [0, 0.1) is 11.8 Å². The van der Waals surface area contributed by atoms with Gasteiger partial charge < -0.3 is 19.5 Å². The molecule has 5 heterocycles. The van der Waals surface area contributed by atoms with Gasteiger partial charge in [0.05, 0.1) is 19.3 Å². The maximum Gasteiger partial charge on any atom is 0.330 e. The predicted octanol–water partition coefficient (Wildman–Crippen LogP) is 9.75. The van der Waals surface area contributed by atoms with Gasteiger partial charge in [0.25, 0.3) is 0 Å². The van der Waals surface area contributed by atoms with Gasteiger partial charge in [0.15, 0.2) is 0 Å². The molecule has 406 valence electrons. The van der Waals surface area contributed by atoms with Crippen molar-refractivity contribution in [3.8, 4) is 0 Å². The first kappa shape index (κ1) is 58.8. The molecule has 0 unspecified atom stereocenters. The monoisotopic (exact) mass is 1030 g/mol. The fourth-order valence-electron chi connectivity index (χ4n) is 10.5. The van der Waals surface area contributed by atoms with E-state index in [4.69, 9.17) is 9.47 Å². The van der Waals surface area contributed by atoms with Crippen LogP contribution in [-0.4, -0.2) is 138 Å². The van der Waals surface area contributed by atoms with Gasteiger partial charge in [0.1, 0.15) is 5.78 Å². The van der Waals surface area contributed by atoms with Crippen LogP contribution in [0.3, 0.4) is 0 Å². The molecule has 5 fully saturated rings. The predicted molar refractivity (Wildman–Crippen MR) is 298 cm³/mol. The second-order valence-electron chi connectivity index (χ2n) is 20.9. The summed E-state index contributed by atoms with van der Waals surface area (Å²) in [6.07, 6.45) is 12.0. The number of carbonyl (C=O) groups excluding carboxylic acids is 4. The summed E-state index contributed by atoms with van der Waals surface area (Å²) in [4.78, 5) is 57.9. The third kappa shape index (κ3) is 23.1. The van der Waals surface area contributed by atoms with E-state index in [1.54, 1.807) is 6.08 Å². The highest BCUT2D eigenvalue weighted by Crippen LogP contribution is 2.25. The molecule has 0 spiro atoms. The average Bonchev–Trinajstić information content (AvgIpc) is 3.43. The largest absolute Gasteiger partial charge is 0.466 e. The van der Waals surface area contributed by atoms with Crippen molar-refractivity contribution in [2.24, 2.45) is 11.8 Å². The number of hydrogen-bond donors (Lipinski definition) is 1. The number of nitrogens with zero attached hydrogens (tertiary/aromatic N) is 5. The summed E-state index contributed by atoms with van der Waals surface area (Å²) in [5.41, 5.74) is 6.63. The molecule has 12 heteroatoms. The van der Waals surface area contributed by atoms with E-state index in [-0.39, 0.29) is 18.0 Å². The Hall–Kier alpha value is -5.50. The fraction of sp³-hybridized carbons (Fsp3) is 0.524. The number of aliphatic hydroxyl groups excluding tert-OH is 1. The van der Waals surface area contributed by atoms with Gasteiger partial charge in [0.2, 0.25) is 5.91 Å². The smallest absolute Gasteiger partial charge is 0.330 e. The Morgan fingerprint density at radius 2 is 0.840 bits per heavy atom. The number of hydrogen-bond acceptors (Lipinski definition) is 11. The zero-order valence-electron chi connectivity index (χ0n) is 45.3. The van der Waals surface area contributed by atoms with Gasteiger partial charge in [0, 0.05) is 97.2 Å². The number of carbonyl (C=O) groups is 4. The Labute approximate surface area is 449 Å². The van der Waals surface area contributed by atoms with E-state index in [1.165, 1.54) is 27.8 Å². The zero-order chi connectivity index (χ0) is 52.9. The molecule has 0 atom stereocenters.